The van der Waals surface area contributed by atoms with Crippen molar-refractivity contribution in [2.45, 2.75) is 38.7 Å². The molecule has 3 aliphatic heterocycles. The number of benzene rings is 1. The maximum atomic E-state index is 12.6. The van der Waals surface area contributed by atoms with Crippen LogP contribution in [0, 0.1) is 12.3 Å². The predicted octanol–water partition coefficient (Wildman–Crippen LogP) is 2.24. The van der Waals surface area contributed by atoms with Crippen molar-refractivity contribution in [2.75, 3.05) is 57.8 Å². The number of likely N-dealkylation sites (tertiary alicyclic amines) is 1. The maximum Gasteiger partial charge on any atom is 0.317 e. The first-order valence-corrected chi connectivity index (χ1v) is 11.2. The second kappa shape index (κ2) is 8.84. The van der Waals surface area contributed by atoms with Crippen LogP contribution >= 0.6 is 0 Å². The van der Waals surface area contributed by atoms with Gasteiger partial charge in [-0.3, -0.25) is 9.69 Å². The molecule has 1 spiro atoms. The number of hydrogen-bond donors (Lipinski definition) is 1. The number of carbonyl (C=O) groups excluding carboxylic acids is 2. The van der Waals surface area contributed by atoms with Gasteiger partial charge in [-0.05, 0) is 38.3 Å². The average molecular weight is 415 g/mol. The predicted molar refractivity (Wildman–Crippen MR) is 117 cm³/mol. The highest BCUT2D eigenvalue weighted by Crippen LogP contribution is 2.43. The number of anilines is 1. The number of urea groups is 1. The van der Waals surface area contributed by atoms with Gasteiger partial charge in [0.2, 0.25) is 0 Å². The summed E-state index contributed by atoms with van der Waals surface area (Å²) in [6.45, 7) is 8.50. The monoisotopic (exact) mass is 414 g/mol. The summed E-state index contributed by atoms with van der Waals surface area (Å²) in [7, 11) is 1.65. The number of rotatable bonds is 4. The lowest BCUT2D eigenvalue weighted by atomic mass is 9.76. The van der Waals surface area contributed by atoms with E-state index in [0.717, 1.165) is 45.6 Å². The van der Waals surface area contributed by atoms with Gasteiger partial charge >= 0.3 is 12.0 Å². The number of piperidine rings is 1. The summed E-state index contributed by atoms with van der Waals surface area (Å²) in [4.78, 5) is 31.2. The number of carbonyl (C=O) groups is 2. The SMILES string of the molecule is CNC(=O)N1CCC2(CC1)CC(CCN1CCN(c3ccc(C)cc3)CC1)OC2=O. The van der Waals surface area contributed by atoms with Crippen LogP contribution in [-0.4, -0.2) is 80.8 Å². The van der Waals surface area contributed by atoms with Crippen LogP contribution in [0.4, 0.5) is 10.5 Å². The Kier molecular flexibility index (Phi) is 6.18. The molecule has 0 aromatic heterocycles. The summed E-state index contributed by atoms with van der Waals surface area (Å²) in [5.74, 6) is -0.0479. The minimum absolute atomic E-state index is 0.0131. The Morgan fingerprint density at radius 2 is 1.77 bits per heavy atom. The summed E-state index contributed by atoms with van der Waals surface area (Å²) in [6, 6.07) is 8.70. The molecule has 0 aliphatic carbocycles. The molecular formula is C23H34N4O3. The minimum Gasteiger partial charge on any atom is -0.462 e. The number of piperazine rings is 1. The number of amides is 2. The van der Waals surface area contributed by atoms with Crippen molar-refractivity contribution in [3.8, 4) is 0 Å². The smallest absolute Gasteiger partial charge is 0.317 e. The summed E-state index contributed by atoms with van der Waals surface area (Å²) in [5.41, 5.74) is 2.22. The zero-order valence-electron chi connectivity index (χ0n) is 18.2. The molecule has 0 bridgehead atoms. The fourth-order valence-electron chi connectivity index (χ4n) is 5.01. The van der Waals surface area contributed by atoms with Gasteiger partial charge in [-0.1, -0.05) is 17.7 Å². The van der Waals surface area contributed by atoms with E-state index < -0.39 is 0 Å². The van der Waals surface area contributed by atoms with E-state index >= 15 is 0 Å². The summed E-state index contributed by atoms with van der Waals surface area (Å²) in [6.07, 6.45) is 3.14. The highest BCUT2D eigenvalue weighted by atomic mass is 16.6. The van der Waals surface area contributed by atoms with E-state index in [2.05, 4.69) is 46.3 Å². The van der Waals surface area contributed by atoms with Crippen molar-refractivity contribution in [1.29, 1.82) is 0 Å². The number of ether oxygens (including phenoxy) is 1. The number of esters is 1. The highest BCUT2D eigenvalue weighted by Gasteiger charge is 2.50. The molecule has 1 aromatic carbocycles. The van der Waals surface area contributed by atoms with Crippen LogP contribution in [0.25, 0.3) is 0 Å². The molecule has 1 atom stereocenters. The molecule has 7 heteroatoms. The van der Waals surface area contributed by atoms with Gasteiger partial charge in [0.25, 0.3) is 0 Å². The van der Waals surface area contributed by atoms with E-state index in [1.807, 2.05) is 0 Å². The summed E-state index contributed by atoms with van der Waals surface area (Å²) < 4.78 is 5.77. The second-order valence-corrected chi connectivity index (χ2v) is 9.01. The third-order valence-corrected chi connectivity index (χ3v) is 7.09. The summed E-state index contributed by atoms with van der Waals surface area (Å²) in [5, 5.41) is 2.67. The number of aryl methyl sites for hydroxylation is 1. The van der Waals surface area contributed by atoms with Gasteiger partial charge in [0.1, 0.15) is 6.10 Å². The molecule has 2 amide bonds. The molecular weight excluding hydrogens is 380 g/mol. The maximum absolute atomic E-state index is 12.6. The molecule has 0 saturated carbocycles. The van der Waals surface area contributed by atoms with Gasteiger partial charge in [0.15, 0.2) is 0 Å². The van der Waals surface area contributed by atoms with Gasteiger partial charge in [0.05, 0.1) is 5.41 Å². The molecule has 164 valence electrons. The average Bonchev–Trinajstić information content (AvgIpc) is 3.08. The van der Waals surface area contributed by atoms with Crippen molar-refractivity contribution in [2.24, 2.45) is 5.41 Å². The van der Waals surface area contributed by atoms with Crippen molar-refractivity contribution in [1.82, 2.24) is 15.1 Å². The molecule has 1 N–H and O–H groups in total. The number of cyclic esters (lactones) is 1. The van der Waals surface area contributed by atoms with Gasteiger partial charge < -0.3 is 19.9 Å². The lowest BCUT2D eigenvalue weighted by molar-refractivity contribution is -0.150. The van der Waals surface area contributed by atoms with Gasteiger partial charge in [-0.2, -0.15) is 0 Å². The standard InChI is InChI=1S/C23H34N4O3/c1-18-3-5-19(6-4-18)26-15-13-25(14-16-26)10-7-20-17-23(21(28)30-20)8-11-27(12-9-23)22(29)24-2/h3-6,20H,7-17H2,1-2H3,(H,24,29). The van der Waals surface area contributed by atoms with Crippen molar-refractivity contribution >= 4 is 17.7 Å². The highest BCUT2D eigenvalue weighted by molar-refractivity contribution is 5.80. The zero-order chi connectivity index (χ0) is 21.1. The van der Waals surface area contributed by atoms with E-state index in [-0.39, 0.29) is 23.5 Å². The molecule has 3 saturated heterocycles. The van der Waals surface area contributed by atoms with Crippen LogP contribution in [-0.2, 0) is 9.53 Å². The molecule has 1 aromatic rings. The van der Waals surface area contributed by atoms with Gasteiger partial charge in [0, 0.05) is 65.0 Å². The third-order valence-electron chi connectivity index (χ3n) is 7.09. The molecule has 3 aliphatic rings. The first kappa shape index (κ1) is 21.0. The van der Waals surface area contributed by atoms with Crippen LogP contribution in [0.2, 0.25) is 0 Å². The van der Waals surface area contributed by atoms with Crippen LogP contribution in [0.3, 0.4) is 0 Å². The molecule has 7 nitrogen and oxygen atoms in total. The molecule has 30 heavy (non-hydrogen) atoms. The summed E-state index contributed by atoms with van der Waals surface area (Å²) >= 11 is 0. The van der Waals surface area contributed by atoms with Crippen LogP contribution in [0.1, 0.15) is 31.2 Å². The molecule has 4 rings (SSSR count). The van der Waals surface area contributed by atoms with E-state index in [1.54, 1.807) is 11.9 Å². The van der Waals surface area contributed by atoms with E-state index in [9.17, 15) is 9.59 Å². The Balaban J connectivity index is 1.22. The minimum atomic E-state index is -0.376. The van der Waals surface area contributed by atoms with Crippen LogP contribution < -0.4 is 10.2 Å². The van der Waals surface area contributed by atoms with E-state index in [0.29, 0.717) is 25.9 Å². The van der Waals surface area contributed by atoms with Crippen molar-refractivity contribution in [3.63, 3.8) is 0 Å². The number of nitrogens with one attached hydrogen (secondary N) is 1. The molecule has 3 fully saturated rings. The normalized spacial score (nSPS) is 24.2. The quantitative estimate of drug-likeness (QED) is 0.766. The first-order chi connectivity index (χ1) is 14.5. The fraction of sp³-hybridized carbons (Fsp3) is 0.652. The Morgan fingerprint density at radius 1 is 1.10 bits per heavy atom. The molecule has 0 radical (unpaired) electrons. The number of nitrogens with zero attached hydrogens (tertiary/aromatic N) is 3. The number of hydrogen-bond acceptors (Lipinski definition) is 5. The Bertz CT molecular complexity index is 750. The van der Waals surface area contributed by atoms with Crippen molar-refractivity contribution < 1.29 is 14.3 Å². The van der Waals surface area contributed by atoms with Gasteiger partial charge in [-0.25, -0.2) is 4.79 Å². The lowest BCUT2D eigenvalue weighted by Gasteiger charge is -2.37. The van der Waals surface area contributed by atoms with Crippen molar-refractivity contribution in [3.05, 3.63) is 29.8 Å². The van der Waals surface area contributed by atoms with E-state index in [4.69, 9.17) is 4.74 Å². The Morgan fingerprint density at radius 3 is 2.40 bits per heavy atom. The molecule has 3 heterocycles. The topological polar surface area (TPSA) is 65.1 Å². The van der Waals surface area contributed by atoms with Crippen LogP contribution in [0.15, 0.2) is 24.3 Å². The molecule has 1 unspecified atom stereocenters. The first-order valence-electron chi connectivity index (χ1n) is 11.2. The zero-order valence-corrected chi connectivity index (χ0v) is 18.2. The lowest BCUT2D eigenvalue weighted by Crippen LogP contribution is -2.48. The Hall–Kier alpha value is -2.28. The Labute approximate surface area is 179 Å². The largest absolute Gasteiger partial charge is 0.462 e. The third kappa shape index (κ3) is 4.41. The second-order valence-electron chi connectivity index (χ2n) is 9.01. The fourth-order valence-corrected chi connectivity index (χ4v) is 5.01. The van der Waals surface area contributed by atoms with E-state index in [1.165, 1.54) is 11.3 Å². The van der Waals surface area contributed by atoms with Crippen LogP contribution in [0.5, 0.6) is 0 Å². The van der Waals surface area contributed by atoms with Gasteiger partial charge in [-0.15, -0.1) is 0 Å².